The Morgan fingerprint density at radius 2 is 2.10 bits per heavy atom. The van der Waals surface area contributed by atoms with E-state index in [2.05, 4.69) is 15.5 Å². The number of aromatic nitrogens is 2. The zero-order chi connectivity index (χ0) is 13.8. The van der Waals surface area contributed by atoms with E-state index in [9.17, 15) is 4.79 Å². The van der Waals surface area contributed by atoms with Gasteiger partial charge in [0.15, 0.2) is 0 Å². The summed E-state index contributed by atoms with van der Waals surface area (Å²) in [5, 5.41) is 11.4. The van der Waals surface area contributed by atoms with E-state index in [4.69, 9.17) is 0 Å². The molecule has 20 heavy (non-hydrogen) atoms. The van der Waals surface area contributed by atoms with Crippen LogP contribution < -0.4 is 5.32 Å². The van der Waals surface area contributed by atoms with E-state index in [0.717, 1.165) is 21.6 Å². The van der Waals surface area contributed by atoms with Crippen LogP contribution in [0.4, 0.5) is 0 Å². The summed E-state index contributed by atoms with van der Waals surface area (Å²) >= 11 is 1.45. The summed E-state index contributed by atoms with van der Waals surface area (Å²) in [7, 11) is 0. The molecule has 100 valence electrons. The van der Waals surface area contributed by atoms with Crippen LogP contribution in [0.1, 0.15) is 15.2 Å². The molecule has 0 bridgehead atoms. The minimum Gasteiger partial charge on any atom is -0.347 e. The number of aromatic amines is 1. The standard InChI is InChI=1S/C15H13N3OS/c19-15(16-8-11-9-17-18-10-11)14-13(6-7-20-14)12-4-2-1-3-5-12/h1-7,9-10H,8H2,(H,16,19)(H,17,18). The smallest absolute Gasteiger partial charge is 0.262 e. The Bertz CT molecular complexity index is 689. The average Bonchev–Trinajstić information content (AvgIpc) is 3.17. The van der Waals surface area contributed by atoms with Crippen molar-refractivity contribution >= 4 is 17.2 Å². The van der Waals surface area contributed by atoms with E-state index in [1.807, 2.05) is 41.8 Å². The average molecular weight is 283 g/mol. The third-order valence-corrected chi connectivity index (χ3v) is 3.88. The monoisotopic (exact) mass is 283 g/mol. The van der Waals surface area contributed by atoms with E-state index in [1.54, 1.807) is 12.4 Å². The van der Waals surface area contributed by atoms with Gasteiger partial charge >= 0.3 is 0 Å². The lowest BCUT2D eigenvalue weighted by Gasteiger charge is -2.05. The second-order valence-corrected chi connectivity index (χ2v) is 5.23. The van der Waals surface area contributed by atoms with Crippen LogP contribution in [-0.2, 0) is 6.54 Å². The lowest BCUT2D eigenvalue weighted by atomic mass is 10.1. The molecule has 0 aliphatic carbocycles. The van der Waals surface area contributed by atoms with Crippen LogP contribution in [0.15, 0.2) is 54.2 Å². The van der Waals surface area contributed by atoms with Crippen molar-refractivity contribution in [1.29, 1.82) is 0 Å². The van der Waals surface area contributed by atoms with Crippen LogP contribution in [0, 0.1) is 0 Å². The molecular weight excluding hydrogens is 270 g/mol. The Hall–Kier alpha value is -2.40. The fourth-order valence-corrected chi connectivity index (χ4v) is 2.80. The quantitative estimate of drug-likeness (QED) is 0.773. The van der Waals surface area contributed by atoms with Gasteiger partial charge in [0.1, 0.15) is 0 Å². The van der Waals surface area contributed by atoms with Crippen LogP contribution in [0.5, 0.6) is 0 Å². The third kappa shape index (κ3) is 2.62. The molecule has 2 heterocycles. The normalized spacial score (nSPS) is 10.4. The number of nitrogens with zero attached hydrogens (tertiary/aromatic N) is 1. The van der Waals surface area contributed by atoms with Crippen LogP contribution in [0.25, 0.3) is 11.1 Å². The number of thiophene rings is 1. The molecule has 4 nitrogen and oxygen atoms in total. The van der Waals surface area contributed by atoms with Gasteiger partial charge in [-0.2, -0.15) is 5.10 Å². The van der Waals surface area contributed by atoms with E-state index in [0.29, 0.717) is 6.54 Å². The molecule has 5 heteroatoms. The number of benzene rings is 1. The van der Waals surface area contributed by atoms with Crippen molar-refractivity contribution in [2.45, 2.75) is 6.54 Å². The Morgan fingerprint density at radius 1 is 1.25 bits per heavy atom. The van der Waals surface area contributed by atoms with Crippen molar-refractivity contribution < 1.29 is 4.79 Å². The first-order valence-corrected chi connectivity index (χ1v) is 7.11. The molecular formula is C15H13N3OS. The van der Waals surface area contributed by atoms with Gasteiger partial charge in [0.25, 0.3) is 5.91 Å². The molecule has 1 aromatic carbocycles. The fourth-order valence-electron chi connectivity index (χ4n) is 1.97. The molecule has 3 aromatic rings. The second-order valence-electron chi connectivity index (χ2n) is 4.32. The van der Waals surface area contributed by atoms with E-state index in [1.165, 1.54) is 11.3 Å². The molecule has 0 saturated heterocycles. The Labute approximate surface area is 120 Å². The van der Waals surface area contributed by atoms with Crippen LogP contribution >= 0.6 is 11.3 Å². The predicted octanol–water partition coefficient (Wildman–Crippen LogP) is 3.07. The molecule has 2 aromatic heterocycles. The number of hydrogen-bond acceptors (Lipinski definition) is 3. The molecule has 0 atom stereocenters. The maximum absolute atomic E-state index is 12.3. The van der Waals surface area contributed by atoms with Gasteiger partial charge in [-0.15, -0.1) is 11.3 Å². The molecule has 2 N–H and O–H groups in total. The van der Waals surface area contributed by atoms with Crippen molar-refractivity contribution in [3.63, 3.8) is 0 Å². The molecule has 1 amide bonds. The largest absolute Gasteiger partial charge is 0.347 e. The van der Waals surface area contributed by atoms with E-state index >= 15 is 0 Å². The summed E-state index contributed by atoms with van der Waals surface area (Å²) in [6.07, 6.45) is 3.47. The van der Waals surface area contributed by atoms with Gasteiger partial charge in [-0.3, -0.25) is 9.89 Å². The van der Waals surface area contributed by atoms with Gasteiger partial charge < -0.3 is 5.32 Å². The van der Waals surface area contributed by atoms with Crippen molar-refractivity contribution in [3.05, 3.63) is 64.6 Å². The number of rotatable bonds is 4. The highest BCUT2D eigenvalue weighted by Gasteiger charge is 2.14. The lowest BCUT2D eigenvalue weighted by Crippen LogP contribution is -2.22. The molecule has 0 radical (unpaired) electrons. The summed E-state index contributed by atoms with van der Waals surface area (Å²) in [6.45, 7) is 0.474. The predicted molar refractivity (Wildman–Crippen MR) is 79.5 cm³/mol. The van der Waals surface area contributed by atoms with Crippen LogP contribution in [-0.4, -0.2) is 16.1 Å². The molecule has 0 unspecified atom stereocenters. The number of hydrogen-bond donors (Lipinski definition) is 2. The van der Waals surface area contributed by atoms with Gasteiger partial charge in [0.2, 0.25) is 0 Å². The Morgan fingerprint density at radius 3 is 2.85 bits per heavy atom. The molecule has 0 aliphatic heterocycles. The highest BCUT2D eigenvalue weighted by Crippen LogP contribution is 2.28. The summed E-state index contributed by atoms with van der Waals surface area (Å²) < 4.78 is 0. The van der Waals surface area contributed by atoms with Crippen molar-refractivity contribution in [2.24, 2.45) is 0 Å². The van der Waals surface area contributed by atoms with Gasteiger partial charge in [0, 0.05) is 23.9 Å². The zero-order valence-electron chi connectivity index (χ0n) is 10.7. The van der Waals surface area contributed by atoms with Crippen LogP contribution in [0.2, 0.25) is 0 Å². The van der Waals surface area contributed by atoms with Crippen molar-refractivity contribution in [2.75, 3.05) is 0 Å². The maximum Gasteiger partial charge on any atom is 0.262 e. The Balaban J connectivity index is 1.77. The number of amides is 1. The van der Waals surface area contributed by atoms with Gasteiger partial charge in [0.05, 0.1) is 11.1 Å². The summed E-state index contributed by atoms with van der Waals surface area (Å²) in [5.74, 6) is -0.0555. The number of H-pyrrole nitrogens is 1. The molecule has 0 spiro atoms. The number of carbonyl (C=O) groups is 1. The fraction of sp³-hybridized carbons (Fsp3) is 0.0667. The molecule has 0 aliphatic rings. The van der Waals surface area contributed by atoms with Gasteiger partial charge in [-0.1, -0.05) is 30.3 Å². The topological polar surface area (TPSA) is 57.8 Å². The minimum absolute atomic E-state index is 0.0555. The first-order valence-electron chi connectivity index (χ1n) is 6.23. The van der Waals surface area contributed by atoms with E-state index in [-0.39, 0.29) is 5.91 Å². The SMILES string of the molecule is O=C(NCc1cn[nH]c1)c1sccc1-c1ccccc1. The molecule has 0 saturated carbocycles. The maximum atomic E-state index is 12.3. The number of carbonyl (C=O) groups excluding carboxylic acids is 1. The first-order chi connectivity index (χ1) is 9.84. The second kappa shape index (κ2) is 5.71. The minimum atomic E-state index is -0.0555. The Kier molecular flexibility index (Phi) is 3.60. The van der Waals surface area contributed by atoms with Crippen molar-refractivity contribution in [3.8, 4) is 11.1 Å². The number of nitrogens with one attached hydrogen (secondary N) is 2. The highest BCUT2D eigenvalue weighted by molar-refractivity contribution is 7.12. The van der Waals surface area contributed by atoms with Gasteiger partial charge in [-0.25, -0.2) is 0 Å². The summed E-state index contributed by atoms with van der Waals surface area (Å²) in [5.41, 5.74) is 2.98. The highest BCUT2D eigenvalue weighted by atomic mass is 32.1. The van der Waals surface area contributed by atoms with Crippen molar-refractivity contribution in [1.82, 2.24) is 15.5 Å². The third-order valence-electron chi connectivity index (χ3n) is 2.96. The van der Waals surface area contributed by atoms with Crippen LogP contribution in [0.3, 0.4) is 0 Å². The van der Waals surface area contributed by atoms with Gasteiger partial charge in [-0.05, 0) is 17.0 Å². The first kappa shape index (κ1) is 12.6. The van der Waals surface area contributed by atoms with E-state index < -0.39 is 0 Å². The lowest BCUT2D eigenvalue weighted by molar-refractivity contribution is 0.0955. The molecule has 3 rings (SSSR count). The molecule has 0 fully saturated rings. The summed E-state index contributed by atoms with van der Waals surface area (Å²) in [4.78, 5) is 13.0. The summed E-state index contributed by atoms with van der Waals surface area (Å²) in [6, 6.07) is 11.9. The zero-order valence-corrected chi connectivity index (χ0v) is 11.5.